The van der Waals surface area contributed by atoms with E-state index in [0.717, 1.165) is 24.5 Å². The monoisotopic (exact) mass is 323 g/mol. The van der Waals surface area contributed by atoms with Crippen LogP contribution in [-0.4, -0.2) is 43.6 Å². The van der Waals surface area contributed by atoms with Crippen molar-refractivity contribution >= 4 is 11.0 Å². The minimum atomic E-state index is 0.435. The summed E-state index contributed by atoms with van der Waals surface area (Å²) < 4.78 is 4.52. The fourth-order valence-corrected chi connectivity index (χ4v) is 3.95. The Morgan fingerprint density at radius 1 is 1.25 bits per heavy atom. The molecule has 0 saturated carbocycles. The van der Waals surface area contributed by atoms with Gasteiger partial charge in [0.05, 0.1) is 23.7 Å². The average molecular weight is 323 g/mol. The highest BCUT2D eigenvalue weighted by atomic mass is 15.2. The van der Waals surface area contributed by atoms with E-state index in [4.69, 9.17) is 0 Å². The van der Waals surface area contributed by atoms with Crippen LogP contribution in [0.3, 0.4) is 0 Å². The number of likely N-dealkylation sites (tertiary alicyclic amines) is 1. The molecule has 0 aliphatic carbocycles. The number of benzene rings is 1. The first-order valence-electron chi connectivity index (χ1n) is 8.89. The van der Waals surface area contributed by atoms with Gasteiger partial charge in [0, 0.05) is 38.1 Å². The zero-order valence-corrected chi connectivity index (χ0v) is 14.3. The van der Waals surface area contributed by atoms with E-state index in [2.05, 4.69) is 61.4 Å². The van der Waals surface area contributed by atoms with Gasteiger partial charge in [0.15, 0.2) is 0 Å². The second kappa shape index (κ2) is 6.77. The fourth-order valence-electron chi connectivity index (χ4n) is 3.95. The summed E-state index contributed by atoms with van der Waals surface area (Å²) in [5, 5.41) is 0. The Kier molecular flexibility index (Phi) is 4.34. The number of fused-ring (bicyclic) bond motifs is 1. The van der Waals surface area contributed by atoms with Gasteiger partial charge in [-0.15, -0.1) is 0 Å². The van der Waals surface area contributed by atoms with Crippen LogP contribution in [0.4, 0.5) is 0 Å². The molecular weight excluding hydrogens is 298 g/mol. The van der Waals surface area contributed by atoms with Gasteiger partial charge in [-0.25, -0.2) is 9.97 Å². The molecule has 2 atom stereocenters. The maximum atomic E-state index is 4.53. The molecule has 0 amide bonds. The summed E-state index contributed by atoms with van der Waals surface area (Å²) in [6.45, 7) is 6.85. The highest BCUT2D eigenvalue weighted by molar-refractivity contribution is 5.75. The molecule has 24 heavy (non-hydrogen) atoms. The first-order chi connectivity index (χ1) is 11.8. The third-order valence-corrected chi connectivity index (χ3v) is 5.11. The molecule has 3 aromatic rings. The van der Waals surface area contributed by atoms with Crippen molar-refractivity contribution < 1.29 is 0 Å². The minimum absolute atomic E-state index is 0.435. The molecule has 1 aromatic carbocycles. The second-order valence-corrected chi connectivity index (χ2v) is 7.02. The molecule has 0 radical (unpaired) electrons. The van der Waals surface area contributed by atoms with E-state index in [1.165, 1.54) is 31.4 Å². The van der Waals surface area contributed by atoms with Gasteiger partial charge < -0.3 is 14.0 Å². The molecule has 2 unspecified atom stereocenters. The third kappa shape index (κ3) is 3.22. The lowest BCUT2D eigenvalue weighted by molar-refractivity contribution is 0.147. The Morgan fingerprint density at radius 3 is 3.04 bits per heavy atom. The van der Waals surface area contributed by atoms with E-state index in [-0.39, 0.29) is 0 Å². The van der Waals surface area contributed by atoms with Crippen molar-refractivity contribution in [2.45, 2.75) is 32.4 Å². The normalized spacial score (nSPS) is 20.5. The molecule has 0 spiro atoms. The van der Waals surface area contributed by atoms with Crippen LogP contribution < -0.4 is 0 Å². The van der Waals surface area contributed by atoms with Crippen molar-refractivity contribution in [3.63, 3.8) is 0 Å². The van der Waals surface area contributed by atoms with Crippen LogP contribution in [0.25, 0.3) is 11.0 Å². The number of nitrogens with zero attached hydrogens (tertiary/aromatic N) is 5. The number of aromatic nitrogens is 4. The Hall–Kier alpha value is -2.14. The SMILES string of the molecule is CC(CN1CCCC(Cn2ccnc2)C1)n1cnc2ccccc21. The first-order valence-corrected chi connectivity index (χ1v) is 8.89. The van der Waals surface area contributed by atoms with E-state index in [1.54, 1.807) is 0 Å². The van der Waals surface area contributed by atoms with Gasteiger partial charge >= 0.3 is 0 Å². The summed E-state index contributed by atoms with van der Waals surface area (Å²) in [6.07, 6.45) is 10.5. The summed E-state index contributed by atoms with van der Waals surface area (Å²) in [5.74, 6) is 0.722. The fraction of sp³-hybridized carbons (Fsp3) is 0.474. The van der Waals surface area contributed by atoms with Crippen LogP contribution in [0.2, 0.25) is 0 Å². The van der Waals surface area contributed by atoms with Gasteiger partial charge in [0.1, 0.15) is 0 Å². The number of hydrogen-bond acceptors (Lipinski definition) is 3. The lowest BCUT2D eigenvalue weighted by Crippen LogP contribution is -2.39. The van der Waals surface area contributed by atoms with E-state index in [0.29, 0.717) is 6.04 Å². The van der Waals surface area contributed by atoms with Crippen molar-refractivity contribution in [1.82, 2.24) is 24.0 Å². The Labute approximate surface area is 142 Å². The van der Waals surface area contributed by atoms with Crippen LogP contribution in [0.5, 0.6) is 0 Å². The molecule has 5 heteroatoms. The zero-order valence-electron chi connectivity index (χ0n) is 14.3. The smallest absolute Gasteiger partial charge is 0.0961 e. The highest BCUT2D eigenvalue weighted by Gasteiger charge is 2.22. The molecule has 1 aliphatic rings. The number of imidazole rings is 2. The van der Waals surface area contributed by atoms with Gasteiger partial charge in [-0.3, -0.25) is 0 Å². The lowest BCUT2D eigenvalue weighted by Gasteiger charge is -2.34. The first kappa shape index (κ1) is 15.4. The number of rotatable bonds is 5. The molecule has 4 rings (SSSR count). The molecule has 3 heterocycles. The number of piperidine rings is 1. The predicted octanol–water partition coefficient (Wildman–Crippen LogP) is 3.21. The van der Waals surface area contributed by atoms with Crippen molar-refractivity contribution in [3.05, 3.63) is 49.3 Å². The summed E-state index contributed by atoms with van der Waals surface area (Å²) in [5.41, 5.74) is 2.32. The van der Waals surface area contributed by atoms with Crippen LogP contribution in [0.15, 0.2) is 49.3 Å². The van der Waals surface area contributed by atoms with Crippen molar-refractivity contribution in [2.24, 2.45) is 5.92 Å². The van der Waals surface area contributed by atoms with E-state index < -0.39 is 0 Å². The quantitative estimate of drug-likeness (QED) is 0.724. The summed E-state index contributed by atoms with van der Waals surface area (Å²) in [7, 11) is 0. The van der Waals surface area contributed by atoms with Crippen LogP contribution >= 0.6 is 0 Å². The number of para-hydroxylation sites is 2. The standard InChI is InChI=1S/C19H25N5/c1-16(24-15-21-18-6-2-3-7-19(18)24)11-22-9-4-5-17(12-22)13-23-10-8-20-14-23/h2-3,6-8,10,14-17H,4-5,9,11-13H2,1H3. The summed E-state index contributed by atoms with van der Waals surface area (Å²) in [6, 6.07) is 8.83. The topological polar surface area (TPSA) is 38.9 Å². The zero-order chi connectivity index (χ0) is 16.4. The summed E-state index contributed by atoms with van der Waals surface area (Å²) in [4.78, 5) is 11.3. The lowest BCUT2D eigenvalue weighted by atomic mass is 9.97. The van der Waals surface area contributed by atoms with Crippen LogP contribution in [-0.2, 0) is 6.54 Å². The van der Waals surface area contributed by atoms with Gasteiger partial charge in [0.25, 0.3) is 0 Å². The second-order valence-electron chi connectivity index (χ2n) is 7.02. The van der Waals surface area contributed by atoms with Crippen LogP contribution in [0, 0.1) is 5.92 Å². The van der Waals surface area contributed by atoms with Crippen LogP contribution in [0.1, 0.15) is 25.8 Å². The number of hydrogen-bond donors (Lipinski definition) is 0. The molecule has 1 fully saturated rings. The highest BCUT2D eigenvalue weighted by Crippen LogP contribution is 2.22. The van der Waals surface area contributed by atoms with E-state index in [9.17, 15) is 0 Å². The molecule has 126 valence electrons. The van der Waals surface area contributed by atoms with Gasteiger partial charge in [-0.2, -0.15) is 0 Å². The Balaban J connectivity index is 1.40. The molecule has 1 aliphatic heterocycles. The largest absolute Gasteiger partial charge is 0.337 e. The van der Waals surface area contributed by atoms with E-state index >= 15 is 0 Å². The Bertz CT molecular complexity index is 776. The molecule has 0 bridgehead atoms. The van der Waals surface area contributed by atoms with Gasteiger partial charge in [-0.05, 0) is 44.4 Å². The third-order valence-electron chi connectivity index (χ3n) is 5.11. The Morgan fingerprint density at radius 2 is 2.17 bits per heavy atom. The molecule has 1 saturated heterocycles. The average Bonchev–Trinajstić information content (AvgIpc) is 3.24. The van der Waals surface area contributed by atoms with Crippen molar-refractivity contribution in [1.29, 1.82) is 0 Å². The molecule has 0 N–H and O–H groups in total. The maximum absolute atomic E-state index is 4.53. The summed E-state index contributed by atoms with van der Waals surface area (Å²) >= 11 is 0. The van der Waals surface area contributed by atoms with E-state index in [1.807, 2.05) is 18.9 Å². The van der Waals surface area contributed by atoms with Gasteiger partial charge in [-0.1, -0.05) is 12.1 Å². The van der Waals surface area contributed by atoms with Crippen molar-refractivity contribution in [3.8, 4) is 0 Å². The van der Waals surface area contributed by atoms with Gasteiger partial charge in [0.2, 0.25) is 0 Å². The molecule has 2 aromatic heterocycles. The minimum Gasteiger partial charge on any atom is -0.337 e. The predicted molar refractivity (Wildman–Crippen MR) is 95.8 cm³/mol. The van der Waals surface area contributed by atoms with Crippen molar-refractivity contribution in [2.75, 3.05) is 19.6 Å². The molecular formula is C19H25N5. The molecule has 5 nitrogen and oxygen atoms in total. The maximum Gasteiger partial charge on any atom is 0.0961 e.